The first kappa shape index (κ1) is 14.7. The fourth-order valence-electron chi connectivity index (χ4n) is 1.84. The van der Waals surface area contributed by atoms with Crippen molar-refractivity contribution in [2.75, 3.05) is 0 Å². The molecule has 1 rings (SSSR count). The van der Waals surface area contributed by atoms with Crippen LogP contribution in [-0.2, 0) is 13.6 Å². The highest BCUT2D eigenvalue weighted by atomic mass is 31.2. The van der Waals surface area contributed by atoms with E-state index in [-0.39, 0.29) is 12.2 Å². The van der Waals surface area contributed by atoms with E-state index in [4.69, 9.17) is 9.05 Å². The molecular formula is C11H23NO4P+. The third-order valence-electron chi connectivity index (χ3n) is 2.70. The third-order valence-corrected chi connectivity index (χ3v) is 5.71. The number of hydrogen-bond donors (Lipinski definition) is 1. The van der Waals surface area contributed by atoms with Crippen LogP contribution in [0.4, 0.5) is 0 Å². The fraction of sp³-hybridized carbons (Fsp3) is 0.909. The first-order chi connectivity index (χ1) is 7.71. The minimum absolute atomic E-state index is 0.217. The van der Waals surface area contributed by atoms with Crippen molar-refractivity contribution in [2.24, 2.45) is 0 Å². The van der Waals surface area contributed by atoms with Crippen molar-refractivity contribution in [3.05, 3.63) is 0 Å². The van der Waals surface area contributed by atoms with Crippen molar-refractivity contribution >= 4 is 13.8 Å². The molecule has 0 aliphatic carbocycles. The molecule has 0 fully saturated rings. The second-order valence-electron chi connectivity index (χ2n) is 5.09. The molecule has 0 radical (unpaired) electrons. The van der Waals surface area contributed by atoms with Crippen LogP contribution in [0.25, 0.3) is 0 Å². The molecule has 17 heavy (non-hydrogen) atoms. The highest BCUT2D eigenvalue weighted by molar-refractivity contribution is 7.55. The molecule has 0 bridgehead atoms. The summed E-state index contributed by atoms with van der Waals surface area (Å²) in [6.07, 6.45) is 2.40. The quantitative estimate of drug-likeness (QED) is 0.471. The lowest BCUT2D eigenvalue weighted by molar-refractivity contribution is -0.802. The summed E-state index contributed by atoms with van der Waals surface area (Å²) in [6, 6.07) is 0. The van der Waals surface area contributed by atoms with E-state index < -0.39 is 12.9 Å². The van der Waals surface area contributed by atoms with Gasteiger partial charge in [0.25, 0.3) is 0 Å². The maximum absolute atomic E-state index is 12.9. The SMILES string of the molecule is CC(C)OP(=O)(OC(C)C)C1(C)CCC=[N+]1O. The van der Waals surface area contributed by atoms with Crippen LogP contribution in [0.5, 0.6) is 0 Å². The molecule has 0 spiro atoms. The normalized spacial score (nSPS) is 25.7. The van der Waals surface area contributed by atoms with Gasteiger partial charge in [-0.05, 0) is 32.4 Å². The predicted molar refractivity (Wildman–Crippen MR) is 65.8 cm³/mol. The van der Waals surface area contributed by atoms with Gasteiger partial charge in [-0.3, -0.25) is 9.77 Å². The zero-order valence-corrected chi connectivity index (χ0v) is 12.1. The molecule has 1 atom stereocenters. The van der Waals surface area contributed by atoms with Crippen LogP contribution >= 0.6 is 7.60 Å². The van der Waals surface area contributed by atoms with E-state index in [1.165, 1.54) is 0 Å². The molecule has 0 saturated heterocycles. The van der Waals surface area contributed by atoms with Gasteiger partial charge in [0.05, 0.1) is 12.2 Å². The Balaban J connectivity index is 3.06. The van der Waals surface area contributed by atoms with Crippen LogP contribution in [-0.4, -0.2) is 33.6 Å². The van der Waals surface area contributed by atoms with Crippen molar-refractivity contribution < 1.29 is 23.6 Å². The van der Waals surface area contributed by atoms with E-state index in [2.05, 4.69) is 0 Å². The molecule has 0 aromatic rings. The Bertz CT molecular complexity index is 339. The van der Waals surface area contributed by atoms with Gasteiger partial charge in [-0.25, -0.2) is 0 Å². The molecule has 100 valence electrons. The van der Waals surface area contributed by atoms with E-state index in [1.54, 1.807) is 40.8 Å². The lowest BCUT2D eigenvalue weighted by Gasteiger charge is -2.29. The van der Waals surface area contributed by atoms with Crippen LogP contribution in [0, 0.1) is 0 Å². The Morgan fingerprint density at radius 3 is 2.06 bits per heavy atom. The summed E-state index contributed by atoms with van der Waals surface area (Å²) in [6.45, 7) is 8.93. The number of hydrogen-bond acceptors (Lipinski definition) is 4. The Morgan fingerprint density at radius 2 is 1.76 bits per heavy atom. The number of hydroxylamine groups is 1. The Kier molecular flexibility index (Phi) is 4.39. The van der Waals surface area contributed by atoms with E-state index >= 15 is 0 Å². The van der Waals surface area contributed by atoms with Crippen LogP contribution in [0.3, 0.4) is 0 Å². The van der Waals surface area contributed by atoms with Gasteiger partial charge >= 0.3 is 12.9 Å². The molecule has 5 nitrogen and oxygen atoms in total. The number of rotatable bonds is 5. The highest BCUT2D eigenvalue weighted by Crippen LogP contribution is 2.64. The fourth-order valence-corrected chi connectivity index (χ4v) is 4.19. The minimum atomic E-state index is -3.40. The first-order valence-corrected chi connectivity index (χ1v) is 7.54. The van der Waals surface area contributed by atoms with Crippen molar-refractivity contribution in [3.63, 3.8) is 0 Å². The molecule has 0 saturated carbocycles. The van der Waals surface area contributed by atoms with E-state index in [0.717, 1.165) is 4.74 Å². The maximum atomic E-state index is 12.9. The Morgan fingerprint density at radius 1 is 1.29 bits per heavy atom. The molecule has 1 aliphatic rings. The molecule has 1 heterocycles. The average molecular weight is 264 g/mol. The van der Waals surface area contributed by atoms with E-state index in [9.17, 15) is 9.77 Å². The van der Waals surface area contributed by atoms with Crippen LogP contribution in [0.1, 0.15) is 47.5 Å². The minimum Gasteiger partial charge on any atom is -0.301 e. The van der Waals surface area contributed by atoms with E-state index in [1.807, 2.05) is 0 Å². The van der Waals surface area contributed by atoms with Crippen LogP contribution in [0.15, 0.2) is 0 Å². The lowest BCUT2D eigenvalue weighted by Crippen LogP contribution is -2.36. The van der Waals surface area contributed by atoms with E-state index in [0.29, 0.717) is 12.8 Å². The van der Waals surface area contributed by atoms with Gasteiger partial charge in [0.15, 0.2) is 6.21 Å². The molecule has 0 aromatic heterocycles. The summed E-state index contributed by atoms with van der Waals surface area (Å²) in [7, 11) is -3.40. The highest BCUT2D eigenvalue weighted by Gasteiger charge is 2.61. The molecule has 6 heteroatoms. The summed E-state index contributed by atoms with van der Waals surface area (Å²) in [4.78, 5) is 0. The number of nitrogens with zero attached hydrogens (tertiary/aromatic N) is 1. The lowest BCUT2D eigenvalue weighted by atomic mass is 10.2. The zero-order chi connectivity index (χ0) is 13.3. The van der Waals surface area contributed by atoms with Crippen LogP contribution in [0.2, 0.25) is 0 Å². The van der Waals surface area contributed by atoms with Crippen molar-refractivity contribution in [1.29, 1.82) is 0 Å². The molecule has 0 aromatic carbocycles. The monoisotopic (exact) mass is 264 g/mol. The topological polar surface area (TPSA) is 58.8 Å². The van der Waals surface area contributed by atoms with Crippen molar-refractivity contribution in [1.82, 2.24) is 0 Å². The maximum Gasteiger partial charge on any atom is 0.405 e. The van der Waals surface area contributed by atoms with Gasteiger partial charge in [0, 0.05) is 19.8 Å². The van der Waals surface area contributed by atoms with Gasteiger partial charge in [0.1, 0.15) is 0 Å². The summed E-state index contributed by atoms with van der Waals surface area (Å²) in [5.41, 5.74) is 0. The second kappa shape index (κ2) is 5.09. The largest absolute Gasteiger partial charge is 0.405 e. The van der Waals surface area contributed by atoms with Gasteiger partial charge in [-0.15, -0.1) is 0 Å². The molecule has 1 N–H and O–H groups in total. The predicted octanol–water partition coefficient (Wildman–Crippen LogP) is 3.01. The summed E-state index contributed by atoms with van der Waals surface area (Å²) < 4.78 is 24.9. The van der Waals surface area contributed by atoms with Crippen molar-refractivity contribution in [3.8, 4) is 0 Å². The van der Waals surface area contributed by atoms with Gasteiger partial charge in [0.2, 0.25) is 0 Å². The first-order valence-electron chi connectivity index (χ1n) is 6.00. The zero-order valence-electron chi connectivity index (χ0n) is 11.2. The molecule has 1 unspecified atom stereocenters. The summed E-state index contributed by atoms with van der Waals surface area (Å²) in [5, 5.41) is 8.87. The Labute approximate surface area is 103 Å². The molecule has 0 amide bonds. The second-order valence-corrected chi connectivity index (χ2v) is 7.47. The Hall–Kier alpha value is -0.380. The van der Waals surface area contributed by atoms with Crippen LogP contribution < -0.4 is 0 Å². The average Bonchev–Trinajstić information content (AvgIpc) is 2.45. The van der Waals surface area contributed by atoms with Crippen molar-refractivity contribution in [2.45, 2.75) is 64.9 Å². The van der Waals surface area contributed by atoms with Gasteiger partial charge in [-0.1, -0.05) is 0 Å². The van der Waals surface area contributed by atoms with Gasteiger partial charge < -0.3 is 9.05 Å². The third kappa shape index (κ3) is 2.90. The molecule has 1 aliphatic heterocycles. The summed E-state index contributed by atoms with van der Waals surface area (Å²) in [5.74, 6) is 0. The smallest absolute Gasteiger partial charge is 0.301 e. The van der Waals surface area contributed by atoms with Gasteiger partial charge in [-0.2, -0.15) is 0 Å². The standard InChI is InChI=1S/C11H23NO4P/c1-9(2)15-17(14,16-10(3)4)11(5)7-6-8-12(11)13/h8-10,13H,6-7H2,1-5H3/q+1. The molecular weight excluding hydrogens is 241 g/mol. The summed E-state index contributed by atoms with van der Waals surface area (Å²) >= 11 is 0.